The predicted octanol–water partition coefficient (Wildman–Crippen LogP) is 2.37. The number of fused-ring (bicyclic) bond motifs is 1. The Hall–Kier alpha value is -1.75. The number of amides is 1. The molecule has 1 aliphatic heterocycles. The van der Waals surface area contributed by atoms with Crippen LogP contribution in [0.25, 0.3) is 0 Å². The second-order valence-corrected chi connectivity index (χ2v) is 7.58. The van der Waals surface area contributed by atoms with Crippen molar-refractivity contribution in [3.63, 3.8) is 0 Å². The van der Waals surface area contributed by atoms with Crippen LogP contribution in [0.1, 0.15) is 45.1 Å². The molecule has 1 saturated carbocycles. The predicted molar refractivity (Wildman–Crippen MR) is 93.4 cm³/mol. The van der Waals surface area contributed by atoms with Gasteiger partial charge >= 0.3 is 0 Å². The van der Waals surface area contributed by atoms with Gasteiger partial charge in [0.25, 0.3) is 0 Å². The molecule has 132 valence electrons. The largest absolute Gasteiger partial charge is 0.486 e. The lowest BCUT2D eigenvalue weighted by molar-refractivity contribution is -0.122. The molecule has 5 nitrogen and oxygen atoms in total. The second-order valence-electron chi connectivity index (χ2n) is 7.58. The summed E-state index contributed by atoms with van der Waals surface area (Å²) >= 11 is 0. The summed E-state index contributed by atoms with van der Waals surface area (Å²) in [7, 11) is 0. The van der Waals surface area contributed by atoms with E-state index in [1.54, 1.807) is 0 Å². The highest BCUT2D eigenvalue weighted by atomic mass is 16.6. The van der Waals surface area contributed by atoms with Gasteiger partial charge in [-0.25, -0.2) is 0 Å². The number of rotatable bonds is 5. The molecule has 0 saturated heterocycles. The summed E-state index contributed by atoms with van der Waals surface area (Å²) in [5.41, 5.74) is 7.01. The molecule has 0 aromatic heterocycles. The standard InChI is InChI=1S/C19H28N2O3/c1-19(2,12-21-18(22)10-13-4-3-5-15(13)20)14-6-7-16-17(11-14)24-9-8-23-16/h6-7,11,13,15H,3-5,8-10,12,20H2,1-2H3,(H,21,22)/t13-,15+/m0/s1. The number of nitrogens with one attached hydrogen (secondary N) is 1. The van der Waals surface area contributed by atoms with Gasteiger partial charge in [0.2, 0.25) is 5.91 Å². The van der Waals surface area contributed by atoms with E-state index in [2.05, 4.69) is 19.2 Å². The molecule has 1 fully saturated rings. The maximum absolute atomic E-state index is 12.2. The van der Waals surface area contributed by atoms with E-state index in [1.807, 2.05) is 18.2 Å². The van der Waals surface area contributed by atoms with Crippen LogP contribution < -0.4 is 20.5 Å². The van der Waals surface area contributed by atoms with Crippen LogP contribution >= 0.6 is 0 Å². The maximum atomic E-state index is 12.2. The molecule has 2 aliphatic rings. The summed E-state index contributed by atoms with van der Waals surface area (Å²) in [6.07, 6.45) is 3.79. The van der Waals surface area contributed by atoms with E-state index in [-0.39, 0.29) is 17.4 Å². The van der Waals surface area contributed by atoms with Crippen molar-refractivity contribution in [1.29, 1.82) is 0 Å². The third-order valence-corrected chi connectivity index (χ3v) is 5.22. The van der Waals surface area contributed by atoms with Crippen LogP contribution in [0.15, 0.2) is 18.2 Å². The minimum Gasteiger partial charge on any atom is -0.486 e. The number of carbonyl (C=O) groups is 1. The maximum Gasteiger partial charge on any atom is 0.220 e. The lowest BCUT2D eigenvalue weighted by Crippen LogP contribution is -2.38. The highest BCUT2D eigenvalue weighted by Crippen LogP contribution is 2.35. The van der Waals surface area contributed by atoms with Gasteiger partial charge in [-0.1, -0.05) is 26.3 Å². The van der Waals surface area contributed by atoms with Gasteiger partial charge < -0.3 is 20.5 Å². The Morgan fingerprint density at radius 3 is 2.71 bits per heavy atom. The van der Waals surface area contributed by atoms with Crippen molar-refractivity contribution in [2.24, 2.45) is 11.7 Å². The zero-order chi connectivity index (χ0) is 17.2. The Labute approximate surface area is 143 Å². The van der Waals surface area contributed by atoms with Crippen LogP contribution in [0.3, 0.4) is 0 Å². The third-order valence-electron chi connectivity index (χ3n) is 5.22. The first-order chi connectivity index (χ1) is 11.5. The van der Waals surface area contributed by atoms with Gasteiger partial charge in [0, 0.05) is 24.4 Å². The molecule has 0 unspecified atom stereocenters. The summed E-state index contributed by atoms with van der Waals surface area (Å²) in [5, 5.41) is 3.08. The average molecular weight is 332 g/mol. The Morgan fingerprint density at radius 1 is 1.25 bits per heavy atom. The van der Waals surface area contributed by atoms with E-state index in [9.17, 15) is 4.79 Å². The summed E-state index contributed by atoms with van der Waals surface area (Å²) < 4.78 is 11.2. The molecular weight excluding hydrogens is 304 g/mol. The van der Waals surface area contributed by atoms with Crippen molar-refractivity contribution in [3.05, 3.63) is 23.8 Å². The van der Waals surface area contributed by atoms with E-state index in [0.717, 1.165) is 36.3 Å². The van der Waals surface area contributed by atoms with Crippen LogP contribution in [-0.4, -0.2) is 31.7 Å². The van der Waals surface area contributed by atoms with Gasteiger partial charge in [0.1, 0.15) is 13.2 Å². The third kappa shape index (κ3) is 3.83. The zero-order valence-corrected chi connectivity index (χ0v) is 14.6. The van der Waals surface area contributed by atoms with Gasteiger partial charge in [0.05, 0.1) is 0 Å². The second kappa shape index (κ2) is 7.01. The van der Waals surface area contributed by atoms with Crippen LogP contribution in [-0.2, 0) is 10.2 Å². The highest BCUT2D eigenvalue weighted by molar-refractivity contribution is 5.76. The summed E-state index contributed by atoms with van der Waals surface area (Å²) in [6.45, 7) is 6.01. The van der Waals surface area contributed by atoms with Crippen LogP contribution in [0.2, 0.25) is 0 Å². The number of carbonyl (C=O) groups excluding carboxylic acids is 1. The normalized spacial score (nSPS) is 23.1. The molecule has 24 heavy (non-hydrogen) atoms. The Morgan fingerprint density at radius 2 is 2.00 bits per heavy atom. The van der Waals surface area contributed by atoms with Crippen LogP contribution in [0, 0.1) is 5.92 Å². The first-order valence-corrected chi connectivity index (χ1v) is 8.88. The molecule has 5 heteroatoms. The van der Waals surface area contributed by atoms with Crippen LogP contribution in [0.4, 0.5) is 0 Å². The Kier molecular flexibility index (Phi) is 4.99. The summed E-state index contributed by atoms with van der Waals surface area (Å²) in [6, 6.07) is 6.20. The van der Waals surface area contributed by atoms with Gasteiger partial charge in [-0.3, -0.25) is 4.79 Å². The van der Waals surface area contributed by atoms with Crippen molar-refractivity contribution in [2.45, 2.75) is 51.0 Å². The summed E-state index contributed by atoms with van der Waals surface area (Å²) in [5.74, 6) is 2.01. The lowest BCUT2D eigenvalue weighted by atomic mass is 9.84. The molecule has 0 spiro atoms. The molecule has 1 aliphatic carbocycles. The van der Waals surface area contributed by atoms with Crippen molar-refractivity contribution in [3.8, 4) is 11.5 Å². The molecule has 1 aromatic carbocycles. The van der Waals surface area contributed by atoms with E-state index in [1.165, 1.54) is 0 Å². The van der Waals surface area contributed by atoms with Crippen molar-refractivity contribution < 1.29 is 14.3 Å². The Bertz CT molecular complexity index is 600. The van der Waals surface area contributed by atoms with E-state index in [0.29, 0.717) is 32.1 Å². The van der Waals surface area contributed by atoms with Gasteiger partial charge in [-0.2, -0.15) is 0 Å². The van der Waals surface area contributed by atoms with Gasteiger partial charge in [-0.15, -0.1) is 0 Å². The molecule has 0 bridgehead atoms. The first-order valence-electron chi connectivity index (χ1n) is 8.88. The summed E-state index contributed by atoms with van der Waals surface area (Å²) in [4.78, 5) is 12.2. The topological polar surface area (TPSA) is 73.6 Å². The fourth-order valence-electron chi connectivity index (χ4n) is 3.52. The van der Waals surface area contributed by atoms with E-state index < -0.39 is 0 Å². The number of nitrogens with two attached hydrogens (primary N) is 1. The Balaban J connectivity index is 1.58. The number of benzene rings is 1. The lowest BCUT2D eigenvalue weighted by Gasteiger charge is -2.28. The van der Waals surface area contributed by atoms with Crippen LogP contribution in [0.5, 0.6) is 11.5 Å². The van der Waals surface area contributed by atoms with Gasteiger partial charge in [-0.05, 0) is 36.5 Å². The molecule has 0 radical (unpaired) electrons. The minimum atomic E-state index is -0.177. The molecular formula is C19H28N2O3. The van der Waals surface area contributed by atoms with Crippen molar-refractivity contribution >= 4 is 5.91 Å². The molecule has 3 rings (SSSR count). The first kappa shape index (κ1) is 17.1. The SMILES string of the molecule is CC(C)(CNC(=O)C[C@@H]1CCC[C@H]1N)c1ccc2c(c1)OCCO2. The fourth-order valence-corrected chi connectivity index (χ4v) is 3.52. The number of hydrogen-bond donors (Lipinski definition) is 2. The molecule has 1 heterocycles. The quantitative estimate of drug-likeness (QED) is 0.868. The molecule has 1 aromatic rings. The fraction of sp³-hybridized carbons (Fsp3) is 0.632. The monoisotopic (exact) mass is 332 g/mol. The average Bonchev–Trinajstić information content (AvgIpc) is 2.97. The van der Waals surface area contributed by atoms with Crippen molar-refractivity contribution in [1.82, 2.24) is 5.32 Å². The highest BCUT2D eigenvalue weighted by Gasteiger charge is 2.28. The zero-order valence-electron chi connectivity index (χ0n) is 14.6. The molecule has 3 N–H and O–H groups in total. The number of hydrogen-bond acceptors (Lipinski definition) is 4. The molecule has 1 amide bonds. The van der Waals surface area contributed by atoms with E-state index >= 15 is 0 Å². The van der Waals surface area contributed by atoms with Crippen molar-refractivity contribution in [2.75, 3.05) is 19.8 Å². The molecule has 2 atom stereocenters. The van der Waals surface area contributed by atoms with E-state index in [4.69, 9.17) is 15.2 Å². The van der Waals surface area contributed by atoms with Gasteiger partial charge in [0.15, 0.2) is 11.5 Å². The number of ether oxygens (including phenoxy) is 2. The smallest absolute Gasteiger partial charge is 0.220 e. The minimum absolute atomic E-state index is 0.1000.